The molecule has 2 aromatic heterocycles. The monoisotopic (exact) mass is 392 g/mol. The first-order valence-electron chi connectivity index (χ1n) is 10.3. The molecule has 6 nitrogen and oxygen atoms in total. The van der Waals surface area contributed by atoms with Gasteiger partial charge in [0.05, 0.1) is 18.5 Å². The van der Waals surface area contributed by atoms with Gasteiger partial charge in [0.2, 0.25) is 0 Å². The zero-order valence-corrected chi connectivity index (χ0v) is 17.5. The largest absolute Gasteiger partial charge is 0.504 e. The first kappa shape index (κ1) is 18.4. The van der Waals surface area contributed by atoms with Crippen LogP contribution in [0.3, 0.4) is 0 Å². The number of rotatable bonds is 3. The standard InChI is InChI=1S/C23H28N4O2/c1-23(2,3)21-11-22-24-12-16-17-7-6-15(10-18(16)27(22)25-21)26(17)13-14-5-8-19(28)20(9-14)29-4/h5,8-9,11-12,15,17,28H,6-7,10,13H2,1-4H3/t15-,17-/m1/s1. The number of methoxy groups -OCH3 is 1. The summed E-state index contributed by atoms with van der Waals surface area (Å²) >= 11 is 0. The maximum Gasteiger partial charge on any atom is 0.160 e. The van der Waals surface area contributed by atoms with E-state index < -0.39 is 0 Å². The zero-order valence-electron chi connectivity index (χ0n) is 17.5. The molecule has 0 spiro atoms. The van der Waals surface area contributed by atoms with Crippen LogP contribution in [0.25, 0.3) is 5.65 Å². The van der Waals surface area contributed by atoms with Gasteiger partial charge in [-0.25, -0.2) is 9.50 Å². The van der Waals surface area contributed by atoms with Gasteiger partial charge < -0.3 is 9.84 Å². The van der Waals surface area contributed by atoms with Crippen molar-refractivity contribution in [2.24, 2.45) is 0 Å². The Morgan fingerprint density at radius 2 is 2.03 bits per heavy atom. The minimum absolute atomic E-state index is 0.0121. The van der Waals surface area contributed by atoms with E-state index in [0.717, 1.165) is 36.3 Å². The van der Waals surface area contributed by atoms with Crippen molar-refractivity contribution >= 4 is 5.65 Å². The van der Waals surface area contributed by atoms with E-state index in [4.69, 9.17) is 14.8 Å². The second kappa shape index (κ2) is 6.46. The number of aromatic hydroxyl groups is 1. The third-order valence-electron chi connectivity index (χ3n) is 6.42. The number of phenols is 1. The number of nitrogens with zero attached hydrogens (tertiary/aromatic N) is 4. The Labute approximate surface area is 171 Å². The number of benzene rings is 1. The minimum atomic E-state index is 0.0121. The predicted molar refractivity (Wildman–Crippen MR) is 111 cm³/mol. The lowest BCUT2D eigenvalue weighted by atomic mass is 9.93. The van der Waals surface area contributed by atoms with E-state index in [1.54, 1.807) is 13.2 Å². The molecule has 152 valence electrons. The summed E-state index contributed by atoms with van der Waals surface area (Å²) in [5, 5.41) is 14.8. The number of ether oxygens (including phenoxy) is 1. The molecule has 0 aliphatic carbocycles. The molecule has 2 aliphatic rings. The molecule has 2 atom stereocenters. The molecule has 2 aliphatic heterocycles. The molecule has 2 bridgehead atoms. The van der Waals surface area contributed by atoms with Gasteiger partial charge in [0, 0.05) is 48.3 Å². The highest BCUT2D eigenvalue weighted by atomic mass is 16.5. The van der Waals surface area contributed by atoms with Gasteiger partial charge >= 0.3 is 0 Å². The number of hydrogen-bond donors (Lipinski definition) is 1. The summed E-state index contributed by atoms with van der Waals surface area (Å²) in [6.45, 7) is 7.42. The van der Waals surface area contributed by atoms with Crippen LogP contribution >= 0.6 is 0 Å². The average molecular weight is 393 g/mol. The SMILES string of the molecule is COc1cc(CN2[C@@H]3CC[C@@H]2c2cnc4cc(C(C)(C)C)nn4c2C3)ccc1O. The lowest BCUT2D eigenvalue weighted by Crippen LogP contribution is -2.38. The van der Waals surface area contributed by atoms with E-state index in [-0.39, 0.29) is 11.2 Å². The Kier molecular flexibility index (Phi) is 4.10. The van der Waals surface area contributed by atoms with E-state index in [2.05, 4.69) is 42.4 Å². The fraction of sp³-hybridized carbons (Fsp3) is 0.478. The fourth-order valence-corrected chi connectivity index (χ4v) is 4.83. The molecular formula is C23H28N4O2. The topological polar surface area (TPSA) is 62.9 Å². The molecule has 0 amide bonds. The van der Waals surface area contributed by atoms with Crippen molar-refractivity contribution in [1.29, 1.82) is 0 Å². The number of phenolic OH excluding ortho intramolecular Hbond substituents is 1. The van der Waals surface area contributed by atoms with Gasteiger partial charge in [0.1, 0.15) is 0 Å². The van der Waals surface area contributed by atoms with Gasteiger partial charge in [-0.2, -0.15) is 5.10 Å². The molecule has 1 N–H and O–H groups in total. The molecule has 5 rings (SSSR count). The van der Waals surface area contributed by atoms with Crippen molar-refractivity contribution in [2.45, 2.75) is 64.1 Å². The first-order valence-corrected chi connectivity index (χ1v) is 10.3. The maximum absolute atomic E-state index is 9.89. The molecular weight excluding hydrogens is 364 g/mol. The lowest BCUT2D eigenvalue weighted by Gasteiger charge is -2.36. The van der Waals surface area contributed by atoms with Gasteiger partial charge in [-0.15, -0.1) is 0 Å². The summed E-state index contributed by atoms with van der Waals surface area (Å²) < 4.78 is 7.37. The Hall–Kier alpha value is -2.60. The Balaban J connectivity index is 1.50. The lowest BCUT2D eigenvalue weighted by molar-refractivity contribution is 0.165. The van der Waals surface area contributed by atoms with Crippen LogP contribution in [-0.4, -0.2) is 37.8 Å². The van der Waals surface area contributed by atoms with Gasteiger partial charge in [-0.1, -0.05) is 26.8 Å². The van der Waals surface area contributed by atoms with Gasteiger partial charge in [0.15, 0.2) is 17.1 Å². The van der Waals surface area contributed by atoms with Crippen LogP contribution < -0.4 is 4.74 Å². The second-order valence-electron chi connectivity index (χ2n) is 9.34. The summed E-state index contributed by atoms with van der Waals surface area (Å²) in [7, 11) is 1.59. The van der Waals surface area contributed by atoms with E-state index in [1.807, 2.05) is 12.1 Å². The Morgan fingerprint density at radius 3 is 2.79 bits per heavy atom. The summed E-state index contributed by atoms with van der Waals surface area (Å²) in [5.74, 6) is 0.713. The van der Waals surface area contributed by atoms with Crippen LogP contribution in [0.2, 0.25) is 0 Å². The Morgan fingerprint density at radius 1 is 1.21 bits per heavy atom. The van der Waals surface area contributed by atoms with Crippen LogP contribution in [0.4, 0.5) is 0 Å². The van der Waals surface area contributed by atoms with Crippen LogP contribution in [-0.2, 0) is 18.4 Å². The van der Waals surface area contributed by atoms with Crippen LogP contribution in [0.5, 0.6) is 11.5 Å². The van der Waals surface area contributed by atoms with Gasteiger partial charge in [-0.05, 0) is 30.5 Å². The predicted octanol–water partition coefficient (Wildman–Crippen LogP) is 4.00. The Bertz CT molecular complexity index is 1080. The van der Waals surface area contributed by atoms with Crippen LogP contribution in [0.1, 0.15) is 62.2 Å². The molecule has 3 aromatic rings. The molecule has 29 heavy (non-hydrogen) atoms. The maximum atomic E-state index is 9.89. The average Bonchev–Trinajstić information content (AvgIpc) is 3.24. The van der Waals surface area contributed by atoms with Crippen molar-refractivity contribution in [3.05, 3.63) is 53.0 Å². The van der Waals surface area contributed by atoms with Crippen molar-refractivity contribution in [2.75, 3.05) is 7.11 Å². The highest BCUT2D eigenvalue weighted by Crippen LogP contribution is 2.44. The highest BCUT2D eigenvalue weighted by Gasteiger charge is 2.41. The van der Waals surface area contributed by atoms with E-state index in [1.165, 1.54) is 17.7 Å². The third-order valence-corrected chi connectivity index (χ3v) is 6.42. The smallest absolute Gasteiger partial charge is 0.160 e. The summed E-state index contributed by atoms with van der Waals surface area (Å²) in [5.41, 5.74) is 5.83. The number of fused-ring (bicyclic) bond motifs is 6. The first-order chi connectivity index (χ1) is 13.8. The minimum Gasteiger partial charge on any atom is -0.504 e. The molecule has 1 fully saturated rings. The number of aromatic nitrogens is 3. The van der Waals surface area contributed by atoms with Gasteiger partial charge in [0.25, 0.3) is 0 Å². The quantitative estimate of drug-likeness (QED) is 0.730. The van der Waals surface area contributed by atoms with E-state index in [0.29, 0.717) is 17.8 Å². The van der Waals surface area contributed by atoms with Crippen molar-refractivity contribution in [1.82, 2.24) is 19.5 Å². The van der Waals surface area contributed by atoms with E-state index in [9.17, 15) is 5.11 Å². The molecule has 0 unspecified atom stereocenters. The third kappa shape index (κ3) is 2.97. The summed E-state index contributed by atoms with van der Waals surface area (Å²) in [4.78, 5) is 7.33. The molecule has 0 saturated carbocycles. The van der Waals surface area contributed by atoms with Crippen LogP contribution in [0.15, 0.2) is 30.5 Å². The zero-order chi connectivity index (χ0) is 20.3. The molecule has 0 radical (unpaired) electrons. The summed E-state index contributed by atoms with van der Waals surface area (Å²) in [6.07, 6.45) is 5.39. The van der Waals surface area contributed by atoms with Crippen molar-refractivity contribution in [3.63, 3.8) is 0 Å². The molecule has 1 saturated heterocycles. The highest BCUT2D eigenvalue weighted by molar-refractivity contribution is 5.46. The molecule has 4 heterocycles. The number of hydrogen-bond acceptors (Lipinski definition) is 5. The van der Waals surface area contributed by atoms with E-state index >= 15 is 0 Å². The van der Waals surface area contributed by atoms with Crippen LogP contribution in [0, 0.1) is 0 Å². The molecule has 1 aromatic carbocycles. The van der Waals surface area contributed by atoms with Crippen molar-refractivity contribution in [3.8, 4) is 11.5 Å². The normalized spacial score (nSPS) is 21.5. The molecule has 6 heteroatoms. The fourth-order valence-electron chi connectivity index (χ4n) is 4.83. The van der Waals surface area contributed by atoms with Gasteiger partial charge in [-0.3, -0.25) is 4.90 Å². The van der Waals surface area contributed by atoms with Crippen molar-refractivity contribution < 1.29 is 9.84 Å². The summed E-state index contributed by atoms with van der Waals surface area (Å²) in [6, 6.07) is 8.63. The second-order valence-corrected chi connectivity index (χ2v) is 9.34.